The normalized spacial score (nSPS) is 17.4. The Morgan fingerprint density at radius 1 is 1.11 bits per heavy atom. The van der Waals surface area contributed by atoms with E-state index in [-0.39, 0.29) is 18.1 Å². The number of para-hydroxylation sites is 1. The lowest BCUT2D eigenvalue weighted by atomic mass is 10.0. The van der Waals surface area contributed by atoms with Crippen LogP contribution in [0.2, 0.25) is 0 Å². The molecule has 144 valence electrons. The third-order valence-corrected chi connectivity index (χ3v) is 5.20. The average Bonchev–Trinajstić information content (AvgIpc) is 3.25. The fourth-order valence-corrected chi connectivity index (χ4v) is 3.57. The highest BCUT2D eigenvalue weighted by molar-refractivity contribution is 5.97. The summed E-state index contributed by atoms with van der Waals surface area (Å²) in [6, 6.07) is 21.8. The average molecular weight is 375 g/mol. The van der Waals surface area contributed by atoms with Crippen LogP contribution in [-0.4, -0.2) is 25.2 Å². The van der Waals surface area contributed by atoms with Gasteiger partial charge in [-0.05, 0) is 54.3 Å². The first-order valence-corrected chi connectivity index (χ1v) is 9.84. The molecule has 1 aliphatic rings. The fourth-order valence-electron chi connectivity index (χ4n) is 3.57. The van der Waals surface area contributed by atoms with Crippen LogP contribution in [0.25, 0.3) is 10.8 Å². The highest BCUT2D eigenvalue weighted by atomic mass is 16.5. The van der Waals surface area contributed by atoms with E-state index < -0.39 is 0 Å². The number of carbonyl (C=O) groups excluding carboxylic acids is 1. The molecule has 28 heavy (non-hydrogen) atoms. The van der Waals surface area contributed by atoms with Crippen LogP contribution in [0.3, 0.4) is 0 Å². The number of hydrogen-bond acceptors (Lipinski definition) is 3. The summed E-state index contributed by atoms with van der Waals surface area (Å²) in [5.74, 6) is 0.463. The van der Waals surface area contributed by atoms with Gasteiger partial charge in [-0.25, -0.2) is 0 Å². The maximum absolute atomic E-state index is 12.9. The summed E-state index contributed by atoms with van der Waals surface area (Å²) in [4.78, 5) is 12.9. The predicted octanol–water partition coefficient (Wildman–Crippen LogP) is 4.89. The molecule has 0 spiro atoms. The second-order valence-electron chi connectivity index (χ2n) is 7.24. The molecule has 4 heteroatoms. The Morgan fingerprint density at radius 3 is 2.71 bits per heavy atom. The SMILES string of the molecule is CC(NC(=O)c1ccccc1OCC1CCCO1)c1ccc2ccccc2c1. The molecule has 4 nitrogen and oxygen atoms in total. The lowest BCUT2D eigenvalue weighted by Crippen LogP contribution is -2.27. The van der Waals surface area contributed by atoms with Gasteiger partial charge in [-0.2, -0.15) is 0 Å². The zero-order valence-corrected chi connectivity index (χ0v) is 16.1. The van der Waals surface area contributed by atoms with Crippen LogP contribution in [-0.2, 0) is 4.74 Å². The van der Waals surface area contributed by atoms with E-state index in [0.29, 0.717) is 17.9 Å². The predicted molar refractivity (Wildman–Crippen MR) is 111 cm³/mol. The molecule has 1 saturated heterocycles. The Morgan fingerprint density at radius 2 is 1.89 bits per heavy atom. The summed E-state index contributed by atoms with van der Waals surface area (Å²) in [5, 5.41) is 5.46. The van der Waals surface area contributed by atoms with Gasteiger partial charge >= 0.3 is 0 Å². The van der Waals surface area contributed by atoms with Crippen LogP contribution in [0.1, 0.15) is 41.7 Å². The smallest absolute Gasteiger partial charge is 0.255 e. The second kappa shape index (κ2) is 8.44. The van der Waals surface area contributed by atoms with Crippen LogP contribution in [0, 0.1) is 0 Å². The Hall–Kier alpha value is -2.85. The minimum Gasteiger partial charge on any atom is -0.490 e. The van der Waals surface area contributed by atoms with Crippen molar-refractivity contribution in [3.8, 4) is 5.75 Å². The summed E-state index contributed by atoms with van der Waals surface area (Å²) in [6.45, 7) is 3.27. The van der Waals surface area contributed by atoms with Crippen LogP contribution in [0.5, 0.6) is 5.75 Å². The van der Waals surface area contributed by atoms with E-state index in [2.05, 4.69) is 35.6 Å². The molecule has 0 aliphatic carbocycles. The van der Waals surface area contributed by atoms with E-state index in [1.807, 2.05) is 37.3 Å². The van der Waals surface area contributed by atoms with Crippen molar-refractivity contribution in [2.24, 2.45) is 0 Å². The third-order valence-electron chi connectivity index (χ3n) is 5.20. The van der Waals surface area contributed by atoms with E-state index in [1.54, 1.807) is 6.07 Å². The molecule has 3 aromatic carbocycles. The van der Waals surface area contributed by atoms with Crippen molar-refractivity contribution in [1.82, 2.24) is 5.32 Å². The van der Waals surface area contributed by atoms with Gasteiger partial charge < -0.3 is 14.8 Å². The van der Waals surface area contributed by atoms with Gasteiger partial charge in [0.25, 0.3) is 5.91 Å². The molecule has 1 N–H and O–H groups in total. The summed E-state index contributed by atoms with van der Waals surface area (Å²) in [7, 11) is 0. The summed E-state index contributed by atoms with van der Waals surface area (Å²) < 4.78 is 11.5. The van der Waals surface area contributed by atoms with Crippen LogP contribution >= 0.6 is 0 Å². The molecule has 1 aliphatic heterocycles. The maximum atomic E-state index is 12.9. The number of ether oxygens (including phenoxy) is 2. The molecule has 2 atom stereocenters. The molecular weight excluding hydrogens is 350 g/mol. The zero-order valence-electron chi connectivity index (χ0n) is 16.1. The molecule has 3 aromatic rings. The summed E-state index contributed by atoms with van der Waals surface area (Å²) >= 11 is 0. The zero-order chi connectivity index (χ0) is 19.3. The van der Waals surface area contributed by atoms with Gasteiger partial charge in [0, 0.05) is 6.61 Å². The third kappa shape index (κ3) is 4.18. The van der Waals surface area contributed by atoms with Gasteiger partial charge in [0.15, 0.2) is 0 Å². The molecule has 2 unspecified atom stereocenters. The van der Waals surface area contributed by atoms with Crippen molar-refractivity contribution in [1.29, 1.82) is 0 Å². The number of amides is 1. The highest BCUT2D eigenvalue weighted by Crippen LogP contribution is 2.23. The van der Waals surface area contributed by atoms with Crippen LogP contribution in [0.4, 0.5) is 0 Å². The molecule has 1 amide bonds. The Labute approximate surface area is 165 Å². The van der Waals surface area contributed by atoms with E-state index >= 15 is 0 Å². The first kappa shape index (κ1) is 18.5. The summed E-state index contributed by atoms with van der Waals surface area (Å²) in [6.07, 6.45) is 2.19. The second-order valence-corrected chi connectivity index (χ2v) is 7.24. The topological polar surface area (TPSA) is 47.6 Å². The van der Waals surface area contributed by atoms with Crippen LogP contribution < -0.4 is 10.1 Å². The lowest BCUT2D eigenvalue weighted by Gasteiger charge is -2.18. The first-order valence-electron chi connectivity index (χ1n) is 9.84. The van der Waals surface area contributed by atoms with E-state index in [1.165, 1.54) is 10.8 Å². The largest absolute Gasteiger partial charge is 0.490 e. The Kier molecular flexibility index (Phi) is 5.58. The summed E-state index contributed by atoms with van der Waals surface area (Å²) in [5.41, 5.74) is 1.62. The van der Waals surface area contributed by atoms with Crippen molar-refractivity contribution >= 4 is 16.7 Å². The van der Waals surface area contributed by atoms with Crippen molar-refractivity contribution in [2.45, 2.75) is 31.9 Å². The Bertz CT molecular complexity index is 963. The maximum Gasteiger partial charge on any atom is 0.255 e. The van der Waals surface area contributed by atoms with Gasteiger partial charge in [-0.3, -0.25) is 4.79 Å². The van der Waals surface area contributed by atoms with E-state index in [4.69, 9.17) is 9.47 Å². The fraction of sp³-hybridized carbons (Fsp3) is 0.292. The molecule has 4 rings (SSSR count). The minimum absolute atomic E-state index is 0.108. The molecule has 0 radical (unpaired) electrons. The molecule has 1 fully saturated rings. The number of benzene rings is 3. The van der Waals surface area contributed by atoms with E-state index in [9.17, 15) is 4.79 Å². The van der Waals surface area contributed by atoms with Gasteiger partial charge in [-0.1, -0.05) is 48.5 Å². The number of carbonyl (C=O) groups is 1. The van der Waals surface area contributed by atoms with E-state index in [0.717, 1.165) is 25.0 Å². The number of nitrogens with one attached hydrogen (secondary N) is 1. The van der Waals surface area contributed by atoms with Crippen molar-refractivity contribution in [3.63, 3.8) is 0 Å². The number of fused-ring (bicyclic) bond motifs is 1. The quantitative estimate of drug-likeness (QED) is 0.667. The Balaban J connectivity index is 1.46. The first-order chi connectivity index (χ1) is 13.7. The molecule has 0 bridgehead atoms. The van der Waals surface area contributed by atoms with Gasteiger partial charge in [0.1, 0.15) is 12.4 Å². The van der Waals surface area contributed by atoms with Crippen molar-refractivity contribution in [3.05, 3.63) is 77.9 Å². The van der Waals surface area contributed by atoms with Crippen molar-refractivity contribution < 1.29 is 14.3 Å². The number of rotatable bonds is 6. The van der Waals surface area contributed by atoms with Gasteiger partial charge in [0.05, 0.1) is 17.7 Å². The molecule has 1 heterocycles. The standard InChI is InChI=1S/C24H25NO3/c1-17(19-13-12-18-7-2-3-8-20(18)15-19)25-24(26)22-10-4-5-11-23(22)28-16-21-9-6-14-27-21/h2-5,7-8,10-13,15,17,21H,6,9,14,16H2,1H3,(H,25,26). The van der Waals surface area contributed by atoms with Gasteiger partial charge in [0.2, 0.25) is 0 Å². The minimum atomic E-state index is -0.136. The molecule has 0 aromatic heterocycles. The monoisotopic (exact) mass is 375 g/mol. The lowest BCUT2D eigenvalue weighted by molar-refractivity contribution is 0.0670. The van der Waals surface area contributed by atoms with Crippen LogP contribution in [0.15, 0.2) is 66.7 Å². The number of hydrogen-bond donors (Lipinski definition) is 1. The molecule has 0 saturated carbocycles. The van der Waals surface area contributed by atoms with Crippen molar-refractivity contribution in [2.75, 3.05) is 13.2 Å². The van der Waals surface area contributed by atoms with Gasteiger partial charge in [-0.15, -0.1) is 0 Å². The molecular formula is C24H25NO3. The highest BCUT2D eigenvalue weighted by Gasteiger charge is 2.19.